The predicted molar refractivity (Wildman–Crippen MR) is 76.1 cm³/mol. The minimum Gasteiger partial charge on any atom is -0.366 e. The Kier molecular flexibility index (Phi) is 4.77. The molecule has 2 N–H and O–H groups in total. The van der Waals surface area contributed by atoms with Gasteiger partial charge in [-0.05, 0) is 11.6 Å². The molecule has 6 heteroatoms. The second-order valence-electron chi connectivity index (χ2n) is 4.00. The third kappa shape index (κ3) is 3.88. The summed E-state index contributed by atoms with van der Waals surface area (Å²) in [5.41, 5.74) is 1.35. The molecule has 0 radical (unpaired) electrons. The van der Waals surface area contributed by atoms with E-state index in [2.05, 4.69) is 32.2 Å². The van der Waals surface area contributed by atoms with Gasteiger partial charge in [-0.25, -0.2) is 9.97 Å². The van der Waals surface area contributed by atoms with Gasteiger partial charge in [0.05, 0.1) is 0 Å². The Morgan fingerprint density at radius 3 is 3.05 bits per heavy atom. The molecule has 0 saturated carbocycles. The van der Waals surface area contributed by atoms with E-state index in [0.717, 1.165) is 5.56 Å². The van der Waals surface area contributed by atoms with Crippen LogP contribution in [0.4, 0.5) is 5.82 Å². The summed E-state index contributed by atoms with van der Waals surface area (Å²) in [6, 6.07) is 5.43. The predicted octanol–water partition coefficient (Wildman–Crippen LogP) is 1.40. The van der Waals surface area contributed by atoms with Crippen molar-refractivity contribution in [2.24, 2.45) is 0 Å². The minimum atomic E-state index is -0.253. The summed E-state index contributed by atoms with van der Waals surface area (Å²) < 4.78 is 0. The second kappa shape index (κ2) is 6.98. The SMILES string of the molecule is C=CCNC(=O)c1cc(NCc2cccnc2)ncn1. The van der Waals surface area contributed by atoms with Gasteiger partial charge in [-0.15, -0.1) is 6.58 Å². The van der Waals surface area contributed by atoms with Gasteiger partial charge in [-0.2, -0.15) is 0 Å². The van der Waals surface area contributed by atoms with Crippen LogP contribution in [0.1, 0.15) is 16.1 Å². The van der Waals surface area contributed by atoms with Gasteiger partial charge in [0.2, 0.25) is 0 Å². The highest BCUT2D eigenvalue weighted by Gasteiger charge is 2.07. The van der Waals surface area contributed by atoms with E-state index in [-0.39, 0.29) is 5.91 Å². The molecule has 0 spiro atoms. The lowest BCUT2D eigenvalue weighted by atomic mass is 10.3. The Labute approximate surface area is 117 Å². The Morgan fingerprint density at radius 1 is 1.40 bits per heavy atom. The van der Waals surface area contributed by atoms with Crippen LogP contribution < -0.4 is 10.6 Å². The average Bonchev–Trinajstić information content (AvgIpc) is 2.52. The summed E-state index contributed by atoms with van der Waals surface area (Å²) in [5.74, 6) is 0.337. The molecule has 102 valence electrons. The monoisotopic (exact) mass is 269 g/mol. The molecule has 0 unspecified atom stereocenters. The van der Waals surface area contributed by atoms with Crippen LogP contribution in [-0.4, -0.2) is 27.4 Å². The van der Waals surface area contributed by atoms with Gasteiger partial charge in [-0.1, -0.05) is 12.1 Å². The van der Waals surface area contributed by atoms with E-state index in [9.17, 15) is 4.79 Å². The maximum atomic E-state index is 11.7. The highest BCUT2D eigenvalue weighted by molar-refractivity contribution is 5.92. The number of pyridine rings is 1. The first kappa shape index (κ1) is 13.7. The minimum absolute atomic E-state index is 0.253. The fraction of sp³-hybridized carbons (Fsp3) is 0.143. The fourth-order valence-electron chi connectivity index (χ4n) is 1.53. The number of carbonyl (C=O) groups excluding carboxylic acids is 1. The van der Waals surface area contributed by atoms with E-state index in [1.807, 2.05) is 12.1 Å². The number of amides is 1. The Hall–Kier alpha value is -2.76. The van der Waals surface area contributed by atoms with Crippen molar-refractivity contribution in [1.82, 2.24) is 20.3 Å². The first-order valence-corrected chi connectivity index (χ1v) is 6.13. The molecule has 2 heterocycles. The zero-order valence-corrected chi connectivity index (χ0v) is 10.9. The molecular formula is C14H15N5O. The molecular weight excluding hydrogens is 254 g/mol. The highest BCUT2D eigenvalue weighted by Crippen LogP contribution is 2.06. The van der Waals surface area contributed by atoms with E-state index in [1.165, 1.54) is 6.33 Å². The molecule has 0 fully saturated rings. The smallest absolute Gasteiger partial charge is 0.270 e. The van der Waals surface area contributed by atoms with Crippen molar-refractivity contribution < 1.29 is 4.79 Å². The van der Waals surface area contributed by atoms with Crippen LogP contribution in [0.5, 0.6) is 0 Å². The lowest BCUT2D eigenvalue weighted by Gasteiger charge is -2.06. The van der Waals surface area contributed by atoms with Gasteiger partial charge >= 0.3 is 0 Å². The van der Waals surface area contributed by atoms with Crippen LogP contribution >= 0.6 is 0 Å². The topological polar surface area (TPSA) is 79.8 Å². The number of hydrogen-bond donors (Lipinski definition) is 2. The molecule has 0 aliphatic heterocycles. The van der Waals surface area contributed by atoms with Gasteiger partial charge < -0.3 is 10.6 Å². The fourth-order valence-corrected chi connectivity index (χ4v) is 1.53. The van der Waals surface area contributed by atoms with E-state index in [4.69, 9.17) is 0 Å². The molecule has 0 aliphatic carbocycles. The molecule has 0 aromatic carbocycles. The first-order valence-electron chi connectivity index (χ1n) is 6.13. The largest absolute Gasteiger partial charge is 0.366 e. The molecule has 0 saturated heterocycles. The zero-order valence-electron chi connectivity index (χ0n) is 10.9. The van der Waals surface area contributed by atoms with Gasteiger partial charge in [0.15, 0.2) is 0 Å². The number of rotatable bonds is 6. The summed E-state index contributed by atoms with van der Waals surface area (Å²) in [7, 11) is 0. The van der Waals surface area contributed by atoms with Crippen LogP contribution in [0.3, 0.4) is 0 Å². The van der Waals surface area contributed by atoms with Gasteiger partial charge in [0, 0.05) is 31.5 Å². The molecule has 20 heavy (non-hydrogen) atoms. The maximum absolute atomic E-state index is 11.7. The van der Waals surface area contributed by atoms with Gasteiger partial charge in [0.25, 0.3) is 5.91 Å². The highest BCUT2D eigenvalue weighted by atomic mass is 16.1. The van der Waals surface area contributed by atoms with Crippen LogP contribution in [0.25, 0.3) is 0 Å². The summed E-state index contributed by atoms with van der Waals surface area (Å²) in [4.78, 5) is 23.8. The molecule has 2 rings (SSSR count). The molecule has 2 aromatic heterocycles. The molecule has 0 aliphatic rings. The van der Waals surface area contributed by atoms with Crippen LogP contribution in [0.2, 0.25) is 0 Å². The van der Waals surface area contributed by atoms with Crippen molar-refractivity contribution in [3.05, 3.63) is 60.8 Å². The Morgan fingerprint density at radius 2 is 2.30 bits per heavy atom. The van der Waals surface area contributed by atoms with Crippen molar-refractivity contribution in [2.45, 2.75) is 6.54 Å². The number of nitrogens with zero attached hydrogens (tertiary/aromatic N) is 3. The van der Waals surface area contributed by atoms with Crippen molar-refractivity contribution in [2.75, 3.05) is 11.9 Å². The number of hydrogen-bond acceptors (Lipinski definition) is 5. The third-order valence-corrected chi connectivity index (χ3v) is 2.50. The number of carbonyl (C=O) groups is 1. The first-order chi connectivity index (χ1) is 9.79. The van der Waals surface area contributed by atoms with Crippen LogP contribution in [0, 0.1) is 0 Å². The van der Waals surface area contributed by atoms with Crippen LogP contribution in [0.15, 0.2) is 49.6 Å². The van der Waals surface area contributed by atoms with E-state index < -0.39 is 0 Å². The quantitative estimate of drug-likeness (QED) is 0.775. The lowest BCUT2D eigenvalue weighted by molar-refractivity contribution is 0.0953. The number of anilines is 1. The average molecular weight is 269 g/mol. The van der Waals surface area contributed by atoms with Crippen molar-refractivity contribution in [1.29, 1.82) is 0 Å². The van der Waals surface area contributed by atoms with E-state index in [0.29, 0.717) is 24.6 Å². The van der Waals surface area contributed by atoms with Crippen molar-refractivity contribution in [3.63, 3.8) is 0 Å². The molecule has 2 aromatic rings. The normalized spacial score (nSPS) is 9.80. The summed E-state index contributed by atoms with van der Waals surface area (Å²) >= 11 is 0. The number of nitrogens with one attached hydrogen (secondary N) is 2. The van der Waals surface area contributed by atoms with E-state index >= 15 is 0 Å². The molecule has 1 amide bonds. The van der Waals surface area contributed by atoms with Crippen LogP contribution in [-0.2, 0) is 6.54 Å². The third-order valence-electron chi connectivity index (χ3n) is 2.50. The molecule has 0 atom stereocenters. The zero-order chi connectivity index (χ0) is 14.2. The molecule has 0 bridgehead atoms. The van der Waals surface area contributed by atoms with Gasteiger partial charge in [-0.3, -0.25) is 9.78 Å². The Balaban J connectivity index is 1.99. The maximum Gasteiger partial charge on any atom is 0.270 e. The number of aromatic nitrogens is 3. The second-order valence-corrected chi connectivity index (χ2v) is 4.00. The summed E-state index contributed by atoms with van der Waals surface area (Å²) in [6.45, 7) is 4.53. The van der Waals surface area contributed by atoms with Gasteiger partial charge in [0.1, 0.15) is 17.8 Å². The standard InChI is InChI=1S/C14H15N5O/c1-2-5-16-14(20)12-7-13(19-10-18-12)17-9-11-4-3-6-15-8-11/h2-4,6-8,10H,1,5,9H2,(H,16,20)(H,17,18,19). The molecule has 6 nitrogen and oxygen atoms in total. The van der Waals surface area contributed by atoms with E-state index in [1.54, 1.807) is 24.5 Å². The van der Waals surface area contributed by atoms with Crippen molar-refractivity contribution in [3.8, 4) is 0 Å². The lowest BCUT2D eigenvalue weighted by Crippen LogP contribution is -2.24. The van der Waals surface area contributed by atoms with Crippen molar-refractivity contribution >= 4 is 11.7 Å². The summed E-state index contributed by atoms with van der Waals surface area (Å²) in [6.07, 6.45) is 6.46. The Bertz CT molecular complexity index is 585. The summed E-state index contributed by atoms with van der Waals surface area (Å²) in [5, 5.41) is 5.79.